The first kappa shape index (κ1) is 7.61. The highest BCUT2D eigenvalue weighted by Crippen LogP contribution is 2.18. The highest BCUT2D eigenvalue weighted by Gasteiger charge is 2.18. The second-order valence-corrected chi connectivity index (χ2v) is 2.54. The lowest BCUT2D eigenvalue weighted by Gasteiger charge is -2.25. The number of ether oxygens (including phenoxy) is 2. The molecular weight excluding hydrogens is 128 g/mol. The Labute approximate surface area is 61.8 Å². The number of rotatable bonds is 2. The van der Waals surface area contributed by atoms with Crippen molar-refractivity contribution in [3.05, 3.63) is 12.3 Å². The van der Waals surface area contributed by atoms with Crippen LogP contribution in [-0.4, -0.2) is 12.9 Å². The summed E-state index contributed by atoms with van der Waals surface area (Å²) in [5.74, 6) is 0.491. The predicted octanol–water partition coefficient (Wildman–Crippen LogP) is 1.92. The van der Waals surface area contributed by atoms with Crippen molar-refractivity contribution in [2.24, 2.45) is 5.92 Å². The van der Waals surface area contributed by atoms with Gasteiger partial charge in [-0.25, -0.2) is 0 Å². The summed E-state index contributed by atoms with van der Waals surface area (Å²) in [4.78, 5) is 0. The molecule has 1 rings (SSSR count). The van der Waals surface area contributed by atoms with Crippen LogP contribution in [-0.2, 0) is 9.47 Å². The molecule has 0 radical (unpaired) electrons. The first-order valence-corrected chi connectivity index (χ1v) is 3.76. The van der Waals surface area contributed by atoms with Crippen molar-refractivity contribution in [3.63, 3.8) is 0 Å². The van der Waals surface area contributed by atoms with Gasteiger partial charge in [0.05, 0.1) is 6.26 Å². The molecule has 0 saturated heterocycles. The minimum atomic E-state index is -0.0185. The molecule has 0 aromatic rings. The van der Waals surface area contributed by atoms with Gasteiger partial charge in [0.15, 0.2) is 0 Å². The topological polar surface area (TPSA) is 18.5 Å². The van der Waals surface area contributed by atoms with E-state index in [1.807, 2.05) is 13.0 Å². The normalized spacial score (nSPS) is 31.8. The Bertz CT molecular complexity index is 120. The summed E-state index contributed by atoms with van der Waals surface area (Å²) in [5, 5.41) is 0. The lowest BCUT2D eigenvalue weighted by molar-refractivity contribution is -0.138. The molecule has 0 N–H and O–H groups in total. The third-order valence-electron chi connectivity index (χ3n) is 1.61. The zero-order chi connectivity index (χ0) is 7.40. The van der Waals surface area contributed by atoms with Gasteiger partial charge in [0.25, 0.3) is 0 Å². The quantitative estimate of drug-likeness (QED) is 0.586. The van der Waals surface area contributed by atoms with Crippen LogP contribution in [0.5, 0.6) is 0 Å². The predicted molar refractivity (Wildman–Crippen MR) is 39.4 cm³/mol. The van der Waals surface area contributed by atoms with Crippen LogP contribution in [0.2, 0.25) is 0 Å². The summed E-state index contributed by atoms with van der Waals surface area (Å²) in [6, 6.07) is 0. The van der Waals surface area contributed by atoms with E-state index in [-0.39, 0.29) is 6.29 Å². The third kappa shape index (κ3) is 1.74. The highest BCUT2D eigenvalue weighted by atomic mass is 16.7. The maximum atomic E-state index is 5.32. The Kier molecular flexibility index (Phi) is 2.75. The molecule has 0 bridgehead atoms. The van der Waals surface area contributed by atoms with E-state index in [4.69, 9.17) is 9.47 Å². The van der Waals surface area contributed by atoms with Crippen molar-refractivity contribution < 1.29 is 9.47 Å². The van der Waals surface area contributed by atoms with Crippen molar-refractivity contribution in [3.8, 4) is 0 Å². The van der Waals surface area contributed by atoms with E-state index < -0.39 is 0 Å². The Hall–Kier alpha value is -0.500. The van der Waals surface area contributed by atoms with E-state index in [9.17, 15) is 0 Å². The van der Waals surface area contributed by atoms with E-state index in [1.165, 1.54) is 0 Å². The fraction of sp³-hybridized carbons (Fsp3) is 0.750. The minimum absolute atomic E-state index is 0.0185. The molecule has 10 heavy (non-hydrogen) atoms. The molecule has 58 valence electrons. The van der Waals surface area contributed by atoms with Crippen LogP contribution < -0.4 is 0 Å². The first-order valence-electron chi connectivity index (χ1n) is 3.76. The molecular formula is C8H14O2. The Morgan fingerprint density at radius 3 is 3.10 bits per heavy atom. The van der Waals surface area contributed by atoms with Crippen LogP contribution in [0.25, 0.3) is 0 Å². The standard InChI is InChI=1S/C8H14O2/c1-3-9-8-7(2)5-4-6-10-8/h4,6-8H,3,5H2,1-2H3/t7-,8+/m0/s1. The number of hydrogen-bond donors (Lipinski definition) is 0. The Morgan fingerprint density at radius 1 is 1.70 bits per heavy atom. The van der Waals surface area contributed by atoms with Crippen molar-refractivity contribution in [1.29, 1.82) is 0 Å². The van der Waals surface area contributed by atoms with E-state index in [0.717, 1.165) is 13.0 Å². The van der Waals surface area contributed by atoms with Gasteiger partial charge >= 0.3 is 0 Å². The van der Waals surface area contributed by atoms with Gasteiger partial charge in [-0.05, 0) is 19.4 Å². The minimum Gasteiger partial charge on any atom is -0.473 e. The molecule has 0 spiro atoms. The van der Waals surface area contributed by atoms with Gasteiger partial charge in [-0.2, -0.15) is 0 Å². The van der Waals surface area contributed by atoms with Crippen LogP contribution in [0.3, 0.4) is 0 Å². The van der Waals surface area contributed by atoms with E-state index in [2.05, 4.69) is 6.92 Å². The summed E-state index contributed by atoms with van der Waals surface area (Å²) in [7, 11) is 0. The fourth-order valence-corrected chi connectivity index (χ4v) is 1.02. The van der Waals surface area contributed by atoms with Gasteiger partial charge in [-0.15, -0.1) is 0 Å². The van der Waals surface area contributed by atoms with Crippen LogP contribution in [0.1, 0.15) is 20.3 Å². The highest BCUT2D eigenvalue weighted by molar-refractivity contribution is 4.83. The third-order valence-corrected chi connectivity index (χ3v) is 1.61. The monoisotopic (exact) mass is 142 g/mol. The average molecular weight is 142 g/mol. The maximum Gasteiger partial charge on any atom is 0.201 e. The van der Waals surface area contributed by atoms with Gasteiger partial charge in [0.2, 0.25) is 6.29 Å². The van der Waals surface area contributed by atoms with Crippen LogP contribution in [0.15, 0.2) is 12.3 Å². The molecule has 1 aliphatic heterocycles. The SMILES string of the molecule is CCO[C@@H]1OC=CC[C@@H]1C. The van der Waals surface area contributed by atoms with Gasteiger partial charge < -0.3 is 9.47 Å². The Morgan fingerprint density at radius 2 is 2.50 bits per heavy atom. The molecule has 2 nitrogen and oxygen atoms in total. The lowest BCUT2D eigenvalue weighted by Crippen LogP contribution is -2.25. The van der Waals surface area contributed by atoms with E-state index in [1.54, 1.807) is 6.26 Å². The molecule has 0 aromatic carbocycles. The molecule has 1 heterocycles. The molecule has 1 aliphatic rings. The maximum absolute atomic E-state index is 5.32. The van der Waals surface area contributed by atoms with Gasteiger partial charge in [0, 0.05) is 12.5 Å². The van der Waals surface area contributed by atoms with Gasteiger partial charge in [-0.3, -0.25) is 0 Å². The summed E-state index contributed by atoms with van der Waals surface area (Å²) in [6.07, 6.45) is 4.79. The van der Waals surface area contributed by atoms with Crippen molar-refractivity contribution in [1.82, 2.24) is 0 Å². The molecule has 2 atom stereocenters. The zero-order valence-electron chi connectivity index (χ0n) is 6.54. The summed E-state index contributed by atoms with van der Waals surface area (Å²) in [5.41, 5.74) is 0. The van der Waals surface area contributed by atoms with Gasteiger partial charge in [0.1, 0.15) is 0 Å². The van der Waals surface area contributed by atoms with Crippen LogP contribution >= 0.6 is 0 Å². The van der Waals surface area contributed by atoms with Crippen molar-refractivity contribution in [2.75, 3.05) is 6.61 Å². The first-order chi connectivity index (χ1) is 4.84. The molecule has 0 saturated carbocycles. The second-order valence-electron chi connectivity index (χ2n) is 2.54. The summed E-state index contributed by atoms with van der Waals surface area (Å²) < 4.78 is 10.5. The Balaban J connectivity index is 2.35. The molecule has 0 aliphatic carbocycles. The fourth-order valence-electron chi connectivity index (χ4n) is 1.02. The molecule has 0 aromatic heterocycles. The molecule has 0 unspecified atom stereocenters. The summed E-state index contributed by atoms with van der Waals surface area (Å²) in [6.45, 7) is 4.83. The van der Waals surface area contributed by atoms with E-state index in [0.29, 0.717) is 5.92 Å². The average Bonchev–Trinajstić information content (AvgIpc) is 1.94. The number of allylic oxidation sites excluding steroid dienone is 1. The molecule has 2 heteroatoms. The molecule has 0 fully saturated rings. The number of hydrogen-bond acceptors (Lipinski definition) is 2. The van der Waals surface area contributed by atoms with Crippen molar-refractivity contribution in [2.45, 2.75) is 26.6 Å². The van der Waals surface area contributed by atoms with E-state index >= 15 is 0 Å². The van der Waals surface area contributed by atoms with Crippen LogP contribution in [0.4, 0.5) is 0 Å². The molecule has 0 amide bonds. The van der Waals surface area contributed by atoms with Crippen LogP contribution in [0, 0.1) is 5.92 Å². The van der Waals surface area contributed by atoms with Gasteiger partial charge in [-0.1, -0.05) is 6.92 Å². The smallest absolute Gasteiger partial charge is 0.201 e. The zero-order valence-corrected chi connectivity index (χ0v) is 6.54. The largest absolute Gasteiger partial charge is 0.473 e. The second kappa shape index (κ2) is 3.62. The summed E-state index contributed by atoms with van der Waals surface area (Å²) >= 11 is 0. The van der Waals surface area contributed by atoms with Crippen molar-refractivity contribution >= 4 is 0 Å². The lowest BCUT2D eigenvalue weighted by atomic mass is 10.1.